The molecule has 1 aromatic carbocycles. The van der Waals surface area contributed by atoms with Crippen molar-refractivity contribution >= 4 is 17.3 Å². The van der Waals surface area contributed by atoms with Crippen molar-refractivity contribution in [1.82, 2.24) is 5.32 Å². The molecule has 2 N–H and O–H groups in total. The highest BCUT2D eigenvalue weighted by molar-refractivity contribution is 6.31. The van der Waals surface area contributed by atoms with Gasteiger partial charge in [-0.15, -0.1) is 0 Å². The van der Waals surface area contributed by atoms with Crippen LogP contribution in [0.1, 0.15) is 39.2 Å². The standard InChI is InChI=1S/C16H25ClN2O/c1-16(2,3)18-11-13-14(17)5-4-6-15(13)19(9-10-20)12-7-8-12/h4-6,12,18,20H,7-11H2,1-3H3. The summed E-state index contributed by atoms with van der Waals surface area (Å²) in [5.74, 6) is 0. The normalized spacial score (nSPS) is 15.4. The number of hydrogen-bond acceptors (Lipinski definition) is 3. The maximum Gasteiger partial charge on any atom is 0.0606 e. The average molecular weight is 297 g/mol. The van der Waals surface area contributed by atoms with Gasteiger partial charge in [0.1, 0.15) is 0 Å². The Kier molecular flexibility index (Phi) is 4.95. The van der Waals surface area contributed by atoms with E-state index in [0.717, 1.165) is 22.8 Å². The Bertz CT molecular complexity index is 452. The summed E-state index contributed by atoms with van der Waals surface area (Å²) < 4.78 is 0. The lowest BCUT2D eigenvalue weighted by atomic mass is 10.1. The van der Waals surface area contributed by atoms with Crippen molar-refractivity contribution in [3.8, 4) is 0 Å². The van der Waals surface area contributed by atoms with Crippen LogP contribution in [0.4, 0.5) is 5.69 Å². The van der Waals surface area contributed by atoms with Gasteiger partial charge in [0.05, 0.1) is 6.61 Å². The van der Waals surface area contributed by atoms with Crippen LogP contribution in [0.5, 0.6) is 0 Å². The molecule has 0 radical (unpaired) electrons. The molecule has 0 unspecified atom stereocenters. The fourth-order valence-electron chi connectivity index (χ4n) is 2.34. The Labute approximate surface area is 126 Å². The lowest BCUT2D eigenvalue weighted by Crippen LogP contribution is -2.36. The maximum atomic E-state index is 9.30. The number of rotatable bonds is 6. The Balaban J connectivity index is 2.24. The van der Waals surface area contributed by atoms with E-state index in [4.69, 9.17) is 11.6 Å². The molecule has 0 aromatic heterocycles. The summed E-state index contributed by atoms with van der Waals surface area (Å²) in [6.07, 6.45) is 2.41. The molecule has 0 amide bonds. The van der Waals surface area contributed by atoms with E-state index in [9.17, 15) is 5.11 Å². The second kappa shape index (κ2) is 6.33. The van der Waals surface area contributed by atoms with Gasteiger partial charge in [0.25, 0.3) is 0 Å². The predicted molar refractivity (Wildman–Crippen MR) is 85.5 cm³/mol. The summed E-state index contributed by atoms with van der Waals surface area (Å²) >= 11 is 6.40. The van der Waals surface area contributed by atoms with Gasteiger partial charge in [0.2, 0.25) is 0 Å². The molecule has 1 fully saturated rings. The Hall–Kier alpha value is -0.770. The molecule has 2 rings (SSSR count). The van der Waals surface area contributed by atoms with Gasteiger partial charge in [-0.05, 0) is 45.7 Å². The monoisotopic (exact) mass is 296 g/mol. The Morgan fingerprint density at radius 2 is 2.05 bits per heavy atom. The molecule has 0 saturated heterocycles. The smallest absolute Gasteiger partial charge is 0.0606 e. The number of aliphatic hydroxyl groups excluding tert-OH is 1. The van der Waals surface area contributed by atoms with Crippen molar-refractivity contribution in [2.75, 3.05) is 18.1 Å². The summed E-state index contributed by atoms with van der Waals surface area (Å²) in [6.45, 7) is 8.04. The molecule has 20 heavy (non-hydrogen) atoms. The lowest BCUT2D eigenvalue weighted by Gasteiger charge is -2.29. The molecule has 1 aromatic rings. The molecular formula is C16H25ClN2O. The third-order valence-corrected chi connectivity index (χ3v) is 3.88. The van der Waals surface area contributed by atoms with E-state index >= 15 is 0 Å². The van der Waals surface area contributed by atoms with Crippen molar-refractivity contribution in [3.63, 3.8) is 0 Å². The van der Waals surface area contributed by atoms with Crippen molar-refractivity contribution < 1.29 is 5.11 Å². The minimum atomic E-state index is 0.0534. The van der Waals surface area contributed by atoms with Crippen LogP contribution in [0.15, 0.2) is 18.2 Å². The Morgan fingerprint density at radius 1 is 1.35 bits per heavy atom. The number of nitrogens with zero attached hydrogens (tertiary/aromatic N) is 1. The minimum Gasteiger partial charge on any atom is -0.395 e. The van der Waals surface area contributed by atoms with Crippen LogP contribution in [0.25, 0.3) is 0 Å². The molecule has 0 spiro atoms. The fourth-order valence-corrected chi connectivity index (χ4v) is 2.57. The number of aliphatic hydroxyl groups is 1. The van der Waals surface area contributed by atoms with E-state index in [1.165, 1.54) is 12.8 Å². The zero-order valence-corrected chi connectivity index (χ0v) is 13.4. The first-order valence-electron chi connectivity index (χ1n) is 7.32. The molecule has 1 aliphatic rings. The van der Waals surface area contributed by atoms with Crippen LogP contribution in [0.3, 0.4) is 0 Å². The van der Waals surface area contributed by atoms with Crippen LogP contribution in [0, 0.1) is 0 Å². The quantitative estimate of drug-likeness (QED) is 0.846. The van der Waals surface area contributed by atoms with Crippen LogP contribution < -0.4 is 10.2 Å². The number of benzene rings is 1. The molecule has 0 atom stereocenters. The van der Waals surface area contributed by atoms with E-state index in [0.29, 0.717) is 12.6 Å². The van der Waals surface area contributed by atoms with Gasteiger partial charge < -0.3 is 15.3 Å². The summed E-state index contributed by atoms with van der Waals surface area (Å²) in [4.78, 5) is 2.30. The first-order valence-corrected chi connectivity index (χ1v) is 7.70. The van der Waals surface area contributed by atoms with Gasteiger partial charge >= 0.3 is 0 Å². The van der Waals surface area contributed by atoms with Crippen molar-refractivity contribution in [3.05, 3.63) is 28.8 Å². The third-order valence-electron chi connectivity index (χ3n) is 3.53. The first kappa shape index (κ1) is 15.6. The third kappa shape index (κ3) is 4.11. The maximum absolute atomic E-state index is 9.30. The molecular weight excluding hydrogens is 272 g/mol. The van der Waals surface area contributed by atoms with E-state index in [1.54, 1.807) is 0 Å². The first-order chi connectivity index (χ1) is 9.42. The van der Waals surface area contributed by atoms with Crippen molar-refractivity contribution in [2.45, 2.75) is 51.7 Å². The van der Waals surface area contributed by atoms with Gasteiger partial charge in [0, 0.05) is 40.9 Å². The average Bonchev–Trinajstić information content (AvgIpc) is 3.17. The summed E-state index contributed by atoms with van der Waals surface area (Å²) in [5, 5.41) is 13.6. The highest BCUT2D eigenvalue weighted by atomic mass is 35.5. The number of nitrogens with one attached hydrogen (secondary N) is 1. The minimum absolute atomic E-state index is 0.0534. The van der Waals surface area contributed by atoms with Gasteiger partial charge in [-0.1, -0.05) is 17.7 Å². The topological polar surface area (TPSA) is 35.5 Å². The van der Waals surface area contributed by atoms with Crippen LogP contribution in [0.2, 0.25) is 5.02 Å². The van der Waals surface area contributed by atoms with Crippen LogP contribution in [-0.4, -0.2) is 29.8 Å². The fraction of sp³-hybridized carbons (Fsp3) is 0.625. The van der Waals surface area contributed by atoms with E-state index in [-0.39, 0.29) is 12.1 Å². The molecule has 4 heteroatoms. The second-order valence-corrected chi connectivity index (χ2v) is 6.90. The van der Waals surface area contributed by atoms with Crippen LogP contribution in [-0.2, 0) is 6.54 Å². The number of halogens is 1. The molecule has 3 nitrogen and oxygen atoms in total. The van der Waals surface area contributed by atoms with Crippen molar-refractivity contribution in [2.24, 2.45) is 0 Å². The van der Waals surface area contributed by atoms with E-state index in [1.807, 2.05) is 12.1 Å². The predicted octanol–water partition coefficient (Wildman–Crippen LogP) is 3.19. The number of hydrogen-bond donors (Lipinski definition) is 2. The van der Waals surface area contributed by atoms with Crippen LogP contribution >= 0.6 is 11.6 Å². The molecule has 1 aliphatic carbocycles. The summed E-state index contributed by atoms with van der Waals surface area (Å²) in [5.41, 5.74) is 2.34. The molecule has 112 valence electrons. The zero-order valence-electron chi connectivity index (χ0n) is 12.6. The second-order valence-electron chi connectivity index (χ2n) is 6.49. The summed E-state index contributed by atoms with van der Waals surface area (Å²) in [6, 6.07) is 6.60. The number of anilines is 1. The molecule has 0 heterocycles. The largest absolute Gasteiger partial charge is 0.395 e. The lowest BCUT2D eigenvalue weighted by molar-refractivity contribution is 0.301. The van der Waals surface area contributed by atoms with Crippen molar-refractivity contribution in [1.29, 1.82) is 0 Å². The molecule has 0 bridgehead atoms. The zero-order chi connectivity index (χ0) is 14.8. The Morgan fingerprint density at radius 3 is 2.60 bits per heavy atom. The van der Waals surface area contributed by atoms with Gasteiger partial charge in [-0.25, -0.2) is 0 Å². The van der Waals surface area contributed by atoms with Gasteiger partial charge in [-0.2, -0.15) is 0 Å². The molecule has 0 aliphatic heterocycles. The van der Waals surface area contributed by atoms with E-state index < -0.39 is 0 Å². The summed E-state index contributed by atoms with van der Waals surface area (Å²) in [7, 11) is 0. The van der Waals surface area contributed by atoms with Gasteiger partial charge in [0.15, 0.2) is 0 Å². The van der Waals surface area contributed by atoms with E-state index in [2.05, 4.69) is 37.1 Å². The van der Waals surface area contributed by atoms with Gasteiger partial charge in [-0.3, -0.25) is 0 Å². The molecule has 1 saturated carbocycles. The SMILES string of the molecule is CC(C)(C)NCc1c(Cl)cccc1N(CCO)C1CC1. The highest BCUT2D eigenvalue weighted by Crippen LogP contribution is 2.35. The highest BCUT2D eigenvalue weighted by Gasteiger charge is 2.30.